The van der Waals surface area contributed by atoms with Gasteiger partial charge in [-0.25, -0.2) is 0 Å². The summed E-state index contributed by atoms with van der Waals surface area (Å²) in [6.45, 7) is 9.02. The van der Waals surface area contributed by atoms with Crippen molar-refractivity contribution in [1.29, 1.82) is 0 Å². The number of rotatable bonds is 4. The van der Waals surface area contributed by atoms with E-state index in [2.05, 4.69) is 210 Å². The van der Waals surface area contributed by atoms with E-state index in [4.69, 9.17) is 0 Å². The largest absolute Gasteiger partial charge is 0.0622 e. The monoisotopic (exact) mass is 786 g/mol. The molecule has 0 heterocycles. The molecule has 0 spiro atoms. The summed E-state index contributed by atoms with van der Waals surface area (Å²) in [5.74, 6) is 0. The predicted octanol–water partition coefficient (Wildman–Crippen LogP) is 17.7. The van der Waals surface area contributed by atoms with Crippen LogP contribution in [0.25, 0.3) is 131 Å². The second-order valence-electron chi connectivity index (χ2n) is 17.8. The Balaban J connectivity index is 1.19. The van der Waals surface area contributed by atoms with Gasteiger partial charge in [0.25, 0.3) is 0 Å². The molecule has 0 unspecified atom stereocenters. The van der Waals surface area contributed by atoms with Crippen molar-refractivity contribution < 1.29 is 0 Å². The predicted molar refractivity (Wildman–Crippen MR) is 270 cm³/mol. The number of hydrogen-bond donors (Lipinski definition) is 0. The molecule has 290 valence electrons. The lowest BCUT2D eigenvalue weighted by molar-refractivity contribution is 1.38. The van der Waals surface area contributed by atoms with E-state index in [1.54, 1.807) is 0 Å². The van der Waals surface area contributed by atoms with Gasteiger partial charge < -0.3 is 0 Å². The Morgan fingerprint density at radius 2 is 0.484 bits per heavy atom. The van der Waals surface area contributed by atoms with Gasteiger partial charge in [-0.15, -0.1) is 0 Å². The smallest absolute Gasteiger partial charge is 0.00195 e. The molecule has 0 bridgehead atoms. The fourth-order valence-electron chi connectivity index (χ4n) is 11.4. The van der Waals surface area contributed by atoms with Crippen LogP contribution >= 0.6 is 0 Å². The first-order chi connectivity index (χ1) is 30.4. The zero-order valence-electron chi connectivity index (χ0n) is 35.3. The molecule has 0 saturated carbocycles. The van der Waals surface area contributed by atoms with Crippen molar-refractivity contribution in [1.82, 2.24) is 0 Å². The molecule has 0 aliphatic rings. The molecular weight excluding hydrogens is 745 g/mol. The van der Waals surface area contributed by atoms with Crippen molar-refractivity contribution in [2.24, 2.45) is 0 Å². The first-order valence-electron chi connectivity index (χ1n) is 21.9. The molecule has 0 nitrogen and oxygen atoms in total. The Kier molecular flexibility index (Phi) is 7.38. The van der Waals surface area contributed by atoms with Crippen LogP contribution in [0, 0.1) is 27.7 Å². The fourth-order valence-corrected chi connectivity index (χ4v) is 11.4. The van der Waals surface area contributed by atoms with Crippen LogP contribution in [0.1, 0.15) is 22.3 Å². The van der Waals surface area contributed by atoms with E-state index in [1.807, 2.05) is 0 Å². The lowest BCUT2D eigenvalue weighted by Gasteiger charge is -2.16. The maximum atomic E-state index is 2.53. The third kappa shape index (κ3) is 4.95. The van der Waals surface area contributed by atoms with Gasteiger partial charge in [0.05, 0.1) is 0 Å². The molecule has 0 fully saturated rings. The normalized spacial score (nSPS) is 12.2. The Bertz CT molecular complexity index is 3680. The van der Waals surface area contributed by atoms with Crippen LogP contribution in [0.15, 0.2) is 182 Å². The van der Waals surface area contributed by atoms with Gasteiger partial charge in [0.15, 0.2) is 0 Å². The molecular formula is C62H42. The summed E-state index contributed by atoms with van der Waals surface area (Å²) >= 11 is 0. The third-order valence-corrected chi connectivity index (χ3v) is 14.2. The van der Waals surface area contributed by atoms with Crippen LogP contribution in [-0.2, 0) is 0 Å². The first kappa shape index (κ1) is 35.2. The number of fused-ring (bicyclic) bond motifs is 11. The summed E-state index contributed by atoms with van der Waals surface area (Å²) in [6.07, 6.45) is 0. The molecule has 0 N–H and O–H groups in total. The minimum atomic E-state index is 1.24. The van der Waals surface area contributed by atoms with Crippen molar-refractivity contribution in [2.75, 3.05) is 0 Å². The maximum absolute atomic E-state index is 2.53. The van der Waals surface area contributed by atoms with Crippen LogP contribution in [0.5, 0.6) is 0 Å². The minimum absolute atomic E-state index is 1.24. The number of aryl methyl sites for hydroxylation is 4. The molecule has 13 rings (SSSR count). The van der Waals surface area contributed by atoms with Crippen molar-refractivity contribution in [3.05, 3.63) is 204 Å². The molecule has 13 aromatic rings. The van der Waals surface area contributed by atoms with Crippen molar-refractivity contribution >= 4 is 86.2 Å². The number of hydrogen-bond acceptors (Lipinski definition) is 0. The molecule has 13 aromatic carbocycles. The molecule has 0 aliphatic carbocycles. The third-order valence-electron chi connectivity index (χ3n) is 14.2. The minimum Gasteiger partial charge on any atom is -0.0622 e. The van der Waals surface area contributed by atoms with Gasteiger partial charge in [0, 0.05) is 0 Å². The second-order valence-corrected chi connectivity index (χ2v) is 17.8. The Hall–Kier alpha value is -7.54. The van der Waals surface area contributed by atoms with Crippen LogP contribution in [0.4, 0.5) is 0 Å². The van der Waals surface area contributed by atoms with E-state index < -0.39 is 0 Å². The van der Waals surface area contributed by atoms with Crippen LogP contribution < -0.4 is 0 Å². The molecule has 62 heavy (non-hydrogen) atoms. The van der Waals surface area contributed by atoms with E-state index in [9.17, 15) is 0 Å². The molecule has 0 amide bonds. The quantitative estimate of drug-likeness (QED) is 0.156. The Morgan fingerprint density at radius 3 is 0.855 bits per heavy atom. The second kappa shape index (κ2) is 13.0. The van der Waals surface area contributed by atoms with E-state index in [0.717, 1.165) is 0 Å². The van der Waals surface area contributed by atoms with Crippen LogP contribution in [0.3, 0.4) is 0 Å². The highest BCUT2D eigenvalue weighted by atomic mass is 14.3. The first-order valence-corrected chi connectivity index (χ1v) is 21.9. The van der Waals surface area contributed by atoms with E-state index >= 15 is 0 Å². The van der Waals surface area contributed by atoms with Crippen molar-refractivity contribution in [2.45, 2.75) is 27.7 Å². The van der Waals surface area contributed by atoms with Crippen molar-refractivity contribution in [3.63, 3.8) is 0 Å². The zero-order valence-corrected chi connectivity index (χ0v) is 35.3. The van der Waals surface area contributed by atoms with Gasteiger partial charge in [-0.05, 0) is 229 Å². The number of benzene rings is 11. The molecule has 0 saturated heterocycles. The van der Waals surface area contributed by atoms with Gasteiger partial charge in [0.2, 0.25) is 0 Å². The summed E-state index contributed by atoms with van der Waals surface area (Å²) in [7, 11) is 0. The van der Waals surface area contributed by atoms with Crippen molar-refractivity contribution in [3.8, 4) is 44.5 Å². The molecule has 0 aromatic heterocycles. The summed E-state index contributed by atoms with van der Waals surface area (Å²) in [4.78, 5) is 0. The summed E-state index contributed by atoms with van der Waals surface area (Å²) in [6, 6.07) is 69.1. The summed E-state index contributed by atoms with van der Waals surface area (Å²) in [5, 5.41) is 21.1. The van der Waals surface area contributed by atoms with E-state index in [1.165, 1.54) is 153 Å². The van der Waals surface area contributed by atoms with Gasteiger partial charge in [-0.2, -0.15) is 0 Å². The molecule has 0 heteroatoms. The average molecular weight is 787 g/mol. The average Bonchev–Trinajstić information content (AvgIpc) is 3.78. The molecule has 0 atom stereocenters. The van der Waals surface area contributed by atoms with Gasteiger partial charge in [-0.3, -0.25) is 0 Å². The summed E-state index contributed by atoms with van der Waals surface area (Å²) in [5.41, 5.74) is 15.4. The van der Waals surface area contributed by atoms with E-state index in [-0.39, 0.29) is 0 Å². The SMILES string of the molecule is Cc1cccc(C)c1-c1cc2c3ccc4c(cc5c6ccc(-c7ccccc7)cc6c6cc(-c7c(C)cccc7C)cc4c65)c3cc3c4ccc(-c5ccccc5)cc4c(c1)c23. The molecule has 0 radical (unpaired) electrons. The topological polar surface area (TPSA) is 0 Å². The standard InChI is InChI=1S/C62H42/c1-35-13-11-14-36(2)59(35)43-29-53-47-25-26-48-52(51(47)33-57-45-23-21-41(39-17-7-5-8-18-39)27-49(45)55(31-43)61(53)57)34-58-46-24-22-42(40-19-9-6-10-20-40)28-50(46)56-32-44(30-54(48)62(56)58)60-37(3)15-12-16-38(60)4/h5-34H,1-4H3. The van der Waals surface area contributed by atoms with Gasteiger partial charge in [0.1, 0.15) is 0 Å². The highest BCUT2D eigenvalue weighted by Crippen LogP contribution is 2.50. The molecule has 0 aliphatic heterocycles. The van der Waals surface area contributed by atoms with Crippen LogP contribution in [-0.4, -0.2) is 0 Å². The van der Waals surface area contributed by atoms with Gasteiger partial charge in [-0.1, -0.05) is 133 Å². The Morgan fingerprint density at radius 1 is 0.194 bits per heavy atom. The zero-order chi connectivity index (χ0) is 41.4. The van der Waals surface area contributed by atoms with Crippen LogP contribution in [0.2, 0.25) is 0 Å². The maximum Gasteiger partial charge on any atom is -0.00195 e. The Labute approximate surface area is 361 Å². The van der Waals surface area contributed by atoms with Gasteiger partial charge >= 0.3 is 0 Å². The lowest BCUT2D eigenvalue weighted by atomic mass is 9.88. The van der Waals surface area contributed by atoms with E-state index in [0.29, 0.717) is 0 Å². The fraction of sp³-hybridized carbons (Fsp3) is 0.0645. The highest BCUT2D eigenvalue weighted by Gasteiger charge is 2.22. The highest BCUT2D eigenvalue weighted by molar-refractivity contribution is 6.41. The lowest BCUT2D eigenvalue weighted by Crippen LogP contribution is -1.90. The summed E-state index contributed by atoms with van der Waals surface area (Å²) < 4.78 is 0.